The van der Waals surface area contributed by atoms with E-state index in [0.717, 1.165) is 5.56 Å². The lowest BCUT2D eigenvalue weighted by Gasteiger charge is -2.14. The minimum atomic E-state index is -0.208. The fourth-order valence-electron chi connectivity index (χ4n) is 1.29. The third kappa shape index (κ3) is 4.49. The van der Waals surface area contributed by atoms with Gasteiger partial charge in [-0.1, -0.05) is 38.6 Å². The first kappa shape index (κ1) is 13.5. The number of benzene rings is 1. The number of nitrogens with zero attached hydrogens (tertiary/aromatic N) is 1. The normalized spacial score (nSPS) is 10.6. The van der Waals surface area contributed by atoms with Crippen LogP contribution in [0.4, 0.5) is 4.79 Å². The monoisotopic (exact) mass is 255 g/mol. The van der Waals surface area contributed by atoms with Gasteiger partial charge in [-0.25, -0.2) is 0 Å². The third-order valence-corrected chi connectivity index (χ3v) is 3.40. The first-order valence-electron chi connectivity index (χ1n) is 5.18. The molecule has 0 aliphatic rings. The number of thioether (sulfide) groups is 1. The highest BCUT2D eigenvalue weighted by Gasteiger charge is 2.04. The summed E-state index contributed by atoms with van der Waals surface area (Å²) >= 11 is 5.61. The maximum Gasteiger partial charge on any atom is 0.278 e. The largest absolute Gasteiger partial charge is 0.333 e. The third-order valence-electron chi connectivity index (χ3n) is 2.04. The molecule has 0 atom stereocenters. The second kappa shape index (κ2) is 6.21. The quantitative estimate of drug-likeness (QED) is 0.654. The lowest BCUT2D eigenvalue weighted by Crippen LogP contribution is -2.19. The molecule has 0 saturated carbocycles. The zero-order valence-corrected chi connectivity index (χ0v) is 11.5. The van der Waals surface area contributed by atoms with Gasteiger partial charge in [-0.2, -0.15) is 0 Å². The van der Waals surface area contributed by atoms with E-state index in [-0.39, 0.29) is 5.24 Å². The van der Waals surface area contributed by atoms with Crippen molar-refractivity contribution in [1.29, 1.82) is 0 Å². The van der Waals surface area contributed by atoms with Crippen LogP contribution in [0.25, 0.3) is 0 Å². The molecule has 1 rings (SSSR count). The second-order valence-electron chi connectivity index (χ2n) is 3.95. The summed E-state index contributed by atoms with van der Waals surface area (Å²) in [7, 11) is 1.74. The molecule has 0 fully saturated rings. The Morgan fingerprint density at radius 2 is 1.94 bits per heavy atom. The lowest BCUT2D eigenvalue weighted by atomic mass is 10.2. The van der Waals surface area contributed by atoms with Gasteiger partial charge in [0.1, 0.15) is 0 Å². The standard InChI is InChI=1S/C12H17NOS2/c1-9(2)16-11-6-4-10(5-7-11)8-13(3)12(14)15/h4-7,9H,8H2,1-3H3,(H,14,15). The summed E-state index contributed by atoms with van der Waals surface area (Å²) in [6, 6.07) is 8.30. The van der Waals surface area contributed by atoms with Crippen molar-refractivity contribution < 1.29 is 4.79 Å². The Morgan fingerprint density at radius 1 is 1.38 bits per heavy atom. The van der Waals surface area contributed by atoms with Crippen molar-refractivity contribution in [1.82, 2.24) is 4.90 Å². The zero-order valence-electron chi connectivity index (χ0n) is 9.80. The highest BCUT2D eigenvalue weighted by Crippen LogP contribution is 2.23. The first-order chi connectivity index (χ1) is 7.49. The van der Waals surface area contributed by atoms with Gasteiger partial charge >= 0.3 is 0 Å². The fraction of sp³-hybridized carbons (Fsp3) is 0.417. The van der Waals surface area contributed by atoms with Crippen molar-refractivity contribution >= 4 is 29.6 Å². The maximum absolute atomic E-state index is 10.9. The summed E-state index contributed by atoms with van der Waals surface area (Å²) in [5.74, 6) is 0. The van der Waals surface area contributed by atoms with E-state index in [1.807, 2.05) is 11.8 Å². The molecule has 1 aromatic carbocycles. The minimum Gasteiger partial charge on any atom is -0.333 e. The molecule has 0 heterocycles. The van der Waals surface area contributed by atoms with Crippen LogP contribution in [0.15, 0.2) is 29.2 Å². The van der Waals surface area contributed by atoms with Crippen molar-refractivity contribution in [3.05, 3.63) is 29.8 Å². The van der Waals surface area contributed by atoms with Gasteiger partial charge in [0.15, 0.2) is 0 Å². The smallest absolute Gasteiger partial charge is 0.278 e. The molecule has 4 heteroatoms. The highest BCUT2D eigenvalue weighted by atomic mass is 32.2. The van der Waals surface area contributed by atoms with Gasteiger partial charge < -0.3 is 4.90 Å². The number of amides is 1. The number of carbonyl (C=O) groups is 1. The van der Waals surface area contributed by atoms with Crippen LogP contribution >= 0.6 is 24.4 Å². The van der Waals surface area contributed by atoms with Gasteiger partial charge in [0.2, 0.25) is 0 Å². The van der Waals surface area contributed by atoms with Gasteiger partial charge in [0, 0.05) is 23.7 Å². The minimum absolute atomic E-state index is 0.208. The Labute approximate surface area is 107 Å². The molecule has 2 nitrogen and oxygen atoms in total. The predicted molar refractivity (Wildman–Crippen MR) is 73.3 cm³/mol. The average molecular weight is 255 g/mol. The molecular weight excluding hydrogens is 238 g/mol. The molecule has 88 valence electrons. The van der Waals surface area contributed by atoms with Crippen LogP contribution in [0.2, 0.25) is 0 Å². The van der Waals surface area contributed by atoms with Crippen LogP contribution in [0.3, 0.4) is 0 Å². The Morgan fingerprint density at radius 3 is 2.38 bits per heavy atom. The number of carbonyl (C=O) groups excluding carboxylic acids is 1. The Hall–Kier alpha value is -0.610. The van der Waals surface area contributed by atoms with Crippen LogP contribution in [0, 0.1) is 0 Å². The van der Waals surface area contributed by atoms with Crippen LogP contribution in [0.5, 0.6) is 0 Å². The molecule has 0 aliphatic heterocycles. The second-order valence-corrected chi connectivity index (χ2v) is 5.98. The molecule has 16 heavy (non-hydrogen) atoms. The number of thiol groups is 1. The maximum atomic E-state index is 10.9. The van der Waals surface area contributed by atoms with Crippen LogP contribution in [0.1, 0.15) is 19.4 Å². The Balaban J connectivity index is 2.61. The van der Waals surface area contributed by atoms with Crippen molar-refractivity contribution in [2.45, 2.75) is 30.5 Å². The van der Waals surface area contributed by atoms with Crippen molar-refractivity contribution in [3.63, 3.8) is 0 Å². The summed E-state index contributed by atoms with van der Waals surface area (Å²) in [4.78, 5) is 13.8. The summed E-state index contributed by atoms with van der Waals surface area (Å²) in [5, 5.41) is 0.383. The molecule has 0 aromatic heterocycles. The van der Waals surface area contributed by atoms with Crippen LogP contribution in [-0.2, 0) is 6.54 Å². The van der Waals surface area contributed by atoms with E-state index >= 15 is 0 Å². The molecule has 0 bridgehead atoms. The van der Waals surface area contributed by atoms with E-state index in [0.29, 0.717) is 11.8 Å². The van der Waals surface area contributed by atoms with Gasteiger partial charge in [-0.3, -0.25) is 4.79 Å². The zero-order chi connectivity index (χ0) is 12.1. The first-order valence-corrected chi connectivity index (χ1v) is 6.51. The Kier molecular flexibility index (Phi) is 5.22. The van der Waals surface area contributed by atoms with Crippen LogP contribution < -0.4 is 0 Å². The van der Waals surface area contributed by atoms with E-state index < -0.39 is 0 Å². The molecule has 0 N–H and O–H groups in total. The molecule has 1 aromatic rings. The SMILES string of the molecule is CC(C)Sc1ccc(CN(C)C(=O)S)cc1. The van der Waals surface area contributed by atoms with Gasteiger partial charge in [-0.15, -0.1) is 11.8 Å². The van der Waals surface area contributed by atoms with E-state index in [2.05, 4.69) is 50.7 Å². The lowest BCUT2D eigenvalue weighted by molar-refractivity contribution is 0.232. The van der Waals surface area contributed by atoms with E-state index in [1.165, 1.54) is 4.90 Å². The van der Waals surface area contributed by atoms with Crippen molar-refractivity contribution in [2.24, 2.45) is 0 Å². The number of rotatable bonds is 4. The van der Waals surface area contributed by atoms with Gasteiger partial charge in [-0.05, 0) is 17.7 Å². The summed E-state index contributed by atoms with van der Waals surface area (Å²) in [6.07, 6.45) is 0. The fourth-order valence-corrected chi connectivity index (χ4v) is 2.20. The van der Waals surface area contributed by atoms with Crippen molar-refractivity contribution in [2.75, 3.05) is 7.05 Å². The van der Waals surface area contributed by atoms with Crippen molar-refractivity contribution in [3.8, 4) is 0 Å². The average Bonchev–Trinajstić information content (AvgIpc) is 2.20. The molecule has 1 amide bonds. The van der Waals surface area contributed by atoms with E-state index in [9.17, 15) is 4.79 Å². The predicted octanol–water partition coefficient (Wildman–Crippen LogP) is 3.67. The summed E-state index contributed by atoms with van der Waals surface area (Å²) < 4.78 is 0. The van der Waals surface area contributed by atoms with E-state index in [1.54, 1.807) is 11.9 Å². The van der Waals surface area contributed by atoms with E-state index in [4.69, 9.17) is 0 Å². The molecule has 0 saturated heterocycles. The van der Waals surface area contributed by atoms with Crippen LogP contribution in [-0.4, -0.2) is 22.4 Å². The molecular formula is C12H17NOS2. The topological polar surface area (TPSA) is 20.3 Å². The Bertz CT molecular complexity index is 349. The molecule has 0 aliphatic carbocycles. The summed E-state index contributed by atoms with van der Waals surface area (Å²) in [6.45, 7) is 4.95. The number of hydrogen-bond donors (Lipinski definition) is 1. The van der Waals surface area contributed by atoms with Gasteiger partial charge in [0.05, 0.1) is 0 Å². The molecule has 0 spiro atoms. The molecule has 0 radical (unpaired) electrons. The van der Waals surface area contributed by atoms with Gasteiger partial charge in [0.25, 0.3) is 5.24 Å². The summed E-state index contributed by atoms with van der Waals surface area (Å²) in [5.41, 5.74) is 1.12. The molecule has 0 unspecified atom stereocenters. The number of hydrogen-bond acceptors (Lipinski definition) is 2. The highest BCUT2D eigenvalue weighted by molar-refractivity contribution is 7.99.